The van der Waals surface area contributed by atoms with E-state index >= 15 is 0 Å². The molecule has 8 nitrogen and oxygen atoms in total. The molecule has 2 unspecified atom stereocenters. The van der Waals surface area contributed by atoms with Crippen molar-refractivity contribution in [3.8, 4) is 0 Å². The van der Waals surface area contributed by atoms with E-state index in [1.54, 1.807) is 20.8 Å². The van der Waals surface area contributed by atoms with Crippen molar-refractivity contribution in [2.75, 3.05) is 6.61 Å². The van der Waals surface area contributed by atoms with Crippen LogP contribution in [-0.4, -0.2) is 55.9 Å². The van der Waals surface area contributed by atoms with Gasteiger partial charge in [0.2, 0.25) is 5.91 Å². The Bertz CT molecular complexity index is 567. The lowest BCUT2D eigenvalue weighted by atomic mass is 9.95. The van der Waals surface area contributed by atoms with Crippen LogP contribution in [0.3, 0.4) is 0 Å². The molecule has 0 aromatic heterocycles. The molecular weight excluding hydrogens is 312 g/mol. The number of amides is 1. The molecule has 2 heterocycles. The van der Waals surface area contributed by atoms with E-state index in [0.29, 0.717) is 0 Å². The first-order valence-electron chi connectivity index (χ1n) is 6.62. The maximum Gasteiger partial charge on any atom is 0.352 e. The molecule has 3 atom stereocenters. The second-order valence-electron chi connectivity index (χ2n) is 6.00. The van der Waals surface area contributed by atoms with Crippen LogP contribution in [0.2, 0.25) is 0 Å². The Kier molecular flexibility index (Phi) is 4.24. The van der Waals surface area contributed by atoms with Gasteiger partial charge in [-0.3, -0.25) is 14.5 Å². The number of fused-ring (bicyclic) bond motifs is 1. The number of aliphatic carboxylic acids is 1. The van der Waals surface area contributed by atoms with Gasteiger partial charge >= 0.3 is 11.9 Å². The van der Waals surface area contributed by atoms with Crippen LogP contribution in [0, 0.1) is 5.92 Å². The van der Waals surface area contributed by atoms with E-state index in [4.69, 9.17) is 10.5 Å². The minimum absolute atomic E-state index is 0.0599. The maximum absolute atomic E-state index is 12.2. The highest BCUT2D eigenvalue weighted by molar-refractivity contribution is 8.00. The van der Waals surface area contributed by atoms with Crippen molar-refractivity contribution in [3.05, 3.63) is 11.3 Å². The molecule has 1 amide bonds. The SMILES string of the molecule is CC(C)(C)OC(=O)C1C(=O)N2C(C(=O)O)=C(CO)C(N)S[C@H]12. The highest BCUT2D eigenvalue weighted by Crippen LogP contribution is 2.46. The first-order chi connectivity index (χ1) is 10.1. The van der Waals surface area contributed by atoms with Crippen LogP contribution in [0.25, 0.3) is 0 Å². The van der Waals surface area contributed by atoms with Gasteiger partial charge in [0.05, 0.1) is 12.0 Å². The average Bonchev–Trinajstić information content (AvgIpc) is 2.34. The number of carbonyl (C=O) groups is 3. The summed E-state index contributed by atoms with van der Waals surface area (Å²) in [6.07, 6.45) is 0. The largest absolute Gasteiger partial charge is 0.477 e. The molecule has 0 aromatic carbocycles. The van der Waals surface area contributed by atoms with Gasteiger partial charge in [0.1, 0.15) is 16.7 Å². The van der Waals surface area contributed by atoms with Crippen LogP contribution in [0.4, 0.5) is 0 Å². The topological polar surface area (TPSA) is 130 Å². The lowest BCUT2D eigenvalue weighted by Crippen LogP contribution is -2.66. The number of rotatable bonds is 3. The summed E-state index contributed by atoms with van der Waals surface area (Å²) in [5.74, 6) is -3.79. The molecule has 122 valence electrons. The van der Waals surface area contributed by atoms with Crippen molar-refractivity contribution < 1.29 is 29.3 Å². The normalized spacial score (nSPS) is 28.1. The van der Waals surface area contributed by atoms with Gasteiger partial charge in [0, 0.05) is 5.57 Å². The standard InChI is InChI=1S/C13H18N2O6S/c1-13(2,3)21-12(20)6-9(17)15-7(11(18)19)5(4-16)8(14)22-10(6)15/h6,8,10,16H,4,14H2,1-3H3,(H,18,19)/t6?,8?,10-/m1/s1. The highest BCUT2D eigenvalue weighted by atomic mass is 32.2. The fourth-order valence-corrected chi connectivity index (χ4v) is 3.72. The molecule has 0 aromatic rings. The van der Waals surface area contributed by atoms with Gasteiger partial charge in [-0.1, -0.05) is 0 Å². The number of carboxylic acid groups (broad SMARTS) is 1. The van der Waals surface area contributed by atoms with E-state index in [0.717, 1.165) is 16.7 Å². The van der Waals surface area contributed by atoms with E-state index < -0.39 is 46.7 Å². The monoisotopic (exact) mass is 330 g/mol. The molecule has 9 heteroatoms. The van der Waals surface area contributed by atoms with Gasteiger partial charge in [0.15, 0.2) is 5.92 Å². The van der Waals surface area contributed by atoms with Crippen LogP contribution in [0.1, 0.15) is 20.8 Å². The maximum atomic E-state index is 12.2. The van der Waals surface area contributed by atoms with E-state index in [9.17, 15) is 24.6 Å². The van der Waals surface area contributed by atoms with E-state index in [1.807, 2.05) is 0 Å². The van der Waals surface area contributed by atoms with Gasteiger partial charge in [-0.2, -0.15) is 0 Å². The predicted molar refractivity (Wildman–Crippen MR) is 77.3 cm³/mol. The fraction of sp³-hybridized carbons (Fsp3) is 0.615. The minimum Gasteiger partial charge on any atom is -0.477 e. The number of esters is 1. The number of hydrogen-bond acceptors (Lipinski definition) is 7. The van der Waals surface area contributed by atoms with E-state index in [2.05, 4.69) is 0 Å². The smallest absolute Gasteiger partial charge is 0.352 e. The molecule has 4 N–H and O–H groups in total. The number of thioether (sulfide) groups is 1. The first-order valence-corrected chi connectivity index (χ1v) is 7.57. The van der Waals surface area contributed by atoms with Crippen LogP contribution >= 0.6 is 11.8 Å². The predicted octanol–water partition coefficient (Wildman–Crippen LogP) is -0.525. The Labute approximate surface area is 131 Å². The summed E-state index contributed by atoms with van der Waals surface area (Å²) >= 11 is 1.06. The third-order valence-corrected chi connectivity index (χ3v) is 4.59. The average molecular weight is 330 g/mol. The molecule has 2 aliphatic heterocycles. The first kappa shape index (κ1) is 16.8. The number of carboxylic acids is 1. The van der Waals surface area contributed by atoms with Crippen LogP contribution in [0.5, 0.6) is 0 Å². The summed E-state index contributed by atoms with van der Waals surface area (Å²) in [7, 11) is 0. The zero-order chi connectivity index (χ0) is 16.8. The van der Waals surface area contributed by atoms with Gasteiger partial charge in [-0.15, -0.1) is 11.8 Å². The molecule has 0 bridgehead atoms. The Hall–Kier alpha value is -1.58. The van der Waals surface area contributed by atoms with E-state index in [1.165, 1.54) is 0 Å². The number of ether oxygens (including phenoxy) is 1. The Morgan fingerprint density at radius 3 is 2.45 bits per heavy atom. The van der Waals surface area contributed by atoms with Crippen molar-refractivity contribution in [2.24, 2.45) is 11.7 Å². The molecule has 0 radical (unpaired) electrons. The zero-order valence-electron chi connectivity index (χ0n) is 12.4. The van der Waals surface area contributed by atoms with Crippen molar-refractivity contribution in [1.29, 1.82) is 0 Å². The van der Waals surface area contributed by atoms with E-state index in [-0.39, 0.29) is 11.3 Å². The molecule has 0 spiro atoms. The quantitative estimate of drug-likeness (QED) is 0.358. The second-order valence-corrected chi connectivity index (χ2v) is 7.27. The Morgan fingerprint density at radius 1 is 1.41 bits per heavy atom. The summed E-state index contributed by atoms with van der Waals surface area (Å²) in [5, 5.41) is 17.0. The number of aliphatic hydroxyl groups excluding tert-OH is 1. The summed E-state index contributed by atoms with van der Waals surface area (Å²) in [6.45, 7) is 4.47. The van der Waals surface area contributed by atoms with Gasteiger partial charge in [-0.05, 0) is 20.8 Å². The Balaban J connectivity index is 2.30. The molecule has 0 saturated carbocycles. The van der Waals surface area contributed by atoms with Crippen molar-refractivity contribution >= 4 is 29.6 Å². The summed E-state index contributed by atoms with van der Waals surface area (Å²) in [6, 6.07) is 0. The highest BCUT2D eigenvalue weighted by Gasteiger charge is 2.59. The van der Waals surface area contributed by atoms with Crippen LogP contribution in [-0.2, 0) is 19.1 Å². The molecule has 1 saturated heterocycles. The number of hydrogen-bond donors (Lipinski definition) is 3. The number of nitrogens with two attached hydrogens (primary N) is 1. The number of aliphatic hydroxyl groups is 1. The van der Waals surface area contributed by atoms with Crippen LogP contribution in [0.15, 0.2) is 11.3 Å². The molecule has 1 fully saturated rings. The molecule has 2 rings (SSSR count). The number of carbonyl (C=O) groups excluding carboxylic acids is 2. The third kappa shape index (κ3) is 2.71. The molecule has 2 aliphatic rings. The number of β-lactam (4-membered cyclic amide) rings is 1. The summed E-state index contributed by atoms with van der Waals surface area (Å²) in [5.41, 5.74) is 4.80. The van der Waals surface area contributed by atoms with Gasteiger partial charge in [0.25, 0.3) is 0 Å². The van der Waals surface area contributed by atoms with Gasteiger partial charge in [-0.25, -0.2) is 4.79 Å². The lowest BCUT2D eigenvalue weighted by molar-refractivity contribution is -0.175. The second kappa shape index (κ2) is 5.56. The lowest BCUT2D eigenvalue weighted by Gasteiger charge is -2.49. The fourth-order valence-electron chi connectivity index (χ4n) is 2.35. The molecule has 22 heavy (non-hydrogen) atoms. The molecular formula is C13H18N2O6S. The summed E-state index contributed by atoms with van der Waals surface area (Å²) < 4.78 is 5.19. The zero-order valence-corrected chi connectivity index (χ0v) is 13.2. The van der Waals surface area contributed by atoms with Crippen LogP contribution < -0.4 is 5.73 Å². The van der Waals surface area contributed by atoms with Crippen molar-refractivity contribution in [3.63, 3.8) is 0 Å². The Morgan fingerprint density at radius 2 is 2.00 bits per heavy atom. The van der Waals surface area contributed by atoms with Gasteiger partial charge < -0.3 is 20.7 Å². The minimum atomic E-state index is -1.36. The van der Waals surface area contributed by atoms with Crippen molar-refractivity contribution in [2.45, 2.75) is 37.1 Å². The third-order valence-electron chi connectivity index (χ3n) is 3.25. The summed E-state index contributed by atoms with van der Waals surface area (Å²) in [4.78, 5) is 36.7. The number of nitrogens with zero attached hydrogens (tertiary/aromatic N) is 1. The molecule has 0 aliphatic carbocycles. The van der Waals surface area contributed by atoms with Crippen molar-refractivity contribution in [1.82, 2.24) is 4.90 Å².